The fourth-order valence-electron chi connectivity index (χ4n) is 2.36. The molecule has 2 aromatic rings. The van der Waals surface area contributed by atoms with Crippen LogP contribution in [-0.4, -0.2) is 23.7 Å². The van der Waals surface area contributed by atoms with Crippen LogP contribution in [0.5, 0.6) is 11.6 Å². The van der Waals surface area contributed by atoms with Crippen molar-refractivity contribution in [2.24, 2.45) is 0 Å². The molecule has 124 valence electrons. The van der Waals surface area contributed by atoms with Crippen molar-refractivity contribution in [2.45, 2.75) is 45.4 Å². The van der Waals surface area contributed by atoms with Crippen molar-refractivity contribution in [3.63, 3.8) is 0 Å². The summed E-state index contributed by atoms with van der Waals surface area (Å²) in [6, 6.07) is 7.78. The van der Waals surface area contributed by atoms with Crippen molar-refractivity contribution < 1.29 is 9.47 Å². The molecule has 2 rings (SSSR count). The lowest BCUT2D eigenvalue weighted by Gasteiger charge is -2.06. The SMILES string of the molecule is CCCCCCCCOc1cnc(-c2ccc(OC)cc2)cn1. The summed E-state index contributed by atoms with van der Waals surface area (Å²) in [5, 5.41) is 0. The molecule has 1 aromatic carbocycles. The molecule has 0 aliphatic rings. The first-order valence-corrected chi connectivity index (χ1v) is 8.42. The Kier molecular flexibility index (Phi) is 7.37. The number of methoxy groups -OCH3 is 1. The minimum absolute atomic E-state index is 0.593. The number of aromatic nitrogens is 2. The van der Waals surface area contributed by atoms with Crippen molar-refractivity contribution in [3.05, 3.63) is 36.7 Å². The van der Waals surface area contributed by atoms with Crippen molar-refractivity contribution in [1.29, 1.82) is 0 Å². The van der Waals surface area contributed by atoms with Gasteiger partial charge in [-0.15, -0.1) is 0 Å². The molecule has 0 aliphatic heterocycles. The van der Waals surface area contributed by atoms with Crippen molar-refractivity contribution in [1.82, 2.24) is 9.97 Å². The van der Waals surface area contributed by atoms with Crippen molar-refractivity contribution in [3.8, 4) is 22.9 Å². The van der Waals surface area contributed by atoms with Gasteiger partial charge in [-0.05, 0) is 30.7 Å². The third-order valence-electron chi connectivity index (χ3n) is 3.76. The van der Waals surface area contributed by atoms with Crippen LogP contribution in [0.15, 0.2) is 36.7 Å². The van der Waals surface area contributed by atoms with Crippen LogP contribution in [0.2, 0.25) is 0 Å². The first-order chi connectivity index (χ1) is 11.3. The van der Waals surface area contributed by atoms with Gasteiger partial charge in [0.15, 0.2) is 0 Å². The summed E-state index contributed by atoms with van der Waals surface area (Å²) in [5.74, 6) is 1.43. The van der Waals surface area contributed by atoms with Crippen LogP contribution in [0.3, 0.4) is 0 Å². The molecule has 0 spiro atoms. The summed E-state index contributed by atoms with van der Waals surface area (Å²) < 4.78 is 10.8. The second kappa shape index (κ2) is 9.82. The maximum atomic E-state index is 5.65. The predicted octanol–water partition coefficient (Wildman–Crippen LogP) is 4.89. The molecule has 1 aromatic heterocycles. The average molecular weight is 314 g/mol. The van der Waals surface area contributed by atoms with E-state index in [4.69, 9.17) is 9.47 Å². The smallest absolute Gasteiger partial charge is 0.232 e. The van der Waals surface area contributed by atoms with Gasteiger partial charge in [-0.1, -0.05) is 39.0 Å². The summed E-state index contributed by atoms with van der Waals surface area (Å²) in [5.41, 5.74) is 1.85. The number of rotatable bonds is 10. The zero-order chi connectivity index (χ0) is 16.3. The molecule has 0 saturated carbocycles. The Labute approximate surface area is 138 Å². The molecular formula is C19H26N2O2. The summed E-state index contributed by atoms with van der Waals surface area (Å²) in [7, 11) is 1.66. The second-order valence-electron chi connectivity index (χ2n) is 5.58. The molecule has 0 atom stereocenters. The molecule has 0 fully saturated rings. The largest absolute Gasteiger partial charge is 0.497 e. The highest BCUT2D eigenvalue weighted by molar-refractivity contribution is 5.59. The number of hydrogen-bond donors (Lipinski definition) is 0. The van der Waals surface area contributed by atoms with Gasteiger partial charge in [0.2, 0.25) is 5.88 Å². The zero-order valence-corrected chi connectivity index (χ0v) is 14.1. The van der Waals surface area contributed by atoms with E-state index in [0.29, 0.717) is 12.5 Å². The Balaban J connectivity index is 1.75. The van der Waals surface area contributed by atoms with Crippen LogP contribution in [0, 0.1) is 0 Å². The van der Waals surface area contributed by atoms with Gasteiger partial charge in [0, 0.05) is 5.56 Å². The van der Waals surface area contributed by atoms with Gasteiger partial charge in [-0.25, -0.2) is 9.97 Å². The third-order valence-corrected chi connectivity index (χ3v) is 3.76. The summed E-state index contributed by atoms with van der Waals surface area (Å²) in [6.45, 7) is 2.94. The van der Waals surface area contributed by atoms with Gasteiger partial charge in [0.25, 0.3) is 0 Å². The molecule has 4 heteroatoms. The number of unbranched alkanes of at least 4 members (excludes halogenated alkanes) is 5. The van der Waals surface area contributed by atoms with E-state index in [1.54, 1.807) is 19.5 Å². The van der Waals surface area contributed by atoms with Crippen LogP contribution < -0.4 is 9.47 Å². The molecule has 4 nitrogen and oxygen atoms in total. The molecule has 0 aliphatic carbocycles. The summed E-state index contributed by atoms with van der Waals surface area (Å²) in [4.78, 5) is 8.74. The van der Waals surface area contributed by atoms with E-state index >= 15 is 0 Å². The van der Waals surface area contributed by atoms with E-state index in [2.05, 4.69) is 16.9 Å². The van der Waals surface area contributed by atoms with E-state index in [1.165, 1.54) is 32.1 Å². The van der Waals surface area contributed by atoms with Crippen LogP contribution in [-0.2, 0) is 0 Å². The first kappa shape index (κ1) is 17.3. The fourth-order valence-corrected chi connectivity index (χ4v) is 2.36. The molecule has 0 radical (unpaired) electrons. The van der Waals surface area contributed by atoms with Crippen molar-refractivity contribution >= 4 is 0 Å². The number of nitrogens with zero attached hydrogens (tertiary/aromatic N) is 2. The molecule has 0 bridgehead atoms. The predicted molar refractivity (Wildman–Crippen MR) is 92.9 cm³/mol. The lowest BCUT2D eigenvalue weighted by molar-refractivity contribution is 0.292. The Hall–Kier alpha value is -2.10. The van der Waals surface area contributed by atoms with Crippen molar-refractivity contribution in [2.75, 3.05) is 13.7 Å². The highest BCUT2D eigenvalue weighted by Crippen LogP contribution is 2.20. The molecule has 23 heavy (non-hydrogen) atoms. The maximum absolute atomic E-state index is 5.65. The first-order valence-electron chi connectivity index (χ1n) is 8.42. The van der Waals surface area contributed by atoms with Gasteiger partial charge < -0.3 is 9.47 Å². The lowest BCUT2D eigenvalue weighted by atomic mass is 10.1. The molecule has 0 N–H and O–H groups in total. The van der Waals surface area contributed by atoms with E-state index < -0.39 is 0 Å². The van der Waals surface area contributed by atoms with Crippen LogP contribution in [0.1, 0.15) is 45.4 Å². The Bertz CT molecular complexity index is 553. The summed E-state index contributed by atoms with van der Waals surface area (Å²) >= 11 is 0. The standard InChI is InChI=1S/C19H26N2O2/c1-3-4-5-6-7-8-13-23-19-15-20-18(14-21-19)16-9-11-17(22-2)12-10-16/h9-12,14-15H,3-8,13H2,1-2H3. The molecule has 0 amide bonds. The quantitative estimate of drug-likeness (QED) is 0.586. The Morgan fingerprint density at radius 1 is 0.870 bits per heavy atom. The molecular weight excluding hydrogens is 288 g/mol. The van der Waals surface area contributed by atoms with Crippen LogP contribution in [0.25, 0.3) is 11.3 Å². The lowest BCUT2D eigenvalue weighted by Crippen LogP contribution is -2.00. The molecule has 1 heterocycles. The fraction of sp³-hybridized carbons (Fsp3) is 0.474. The normalized spacial score (nSPS) is 10.5. The topological polar surface area (TPSA) is 44.2 Å². The number of hydrogen-bond acceptors (Lipinski definition) is 4. The van der Waals surface area contributed by atoms with Gasteiger partial charge in [-0.3, -0.25) is 0 Å². The minimum Gasteiger partial charge on any atom is -0.497 e. The second-order valence-corrected chi connectivity index (χ2v) is 5.58. The van der Waals surface area contributed by atoms with E-state index in [1.807, 2.05) is 24.3 Å². The Morgan fingerprint density at radius 3 is 2.26 bits per heavy atom. The maximum Gasteiger partial charge on any atom is 0.232 e. The van der Waals surface area contributed by atoms with Crippen LogP contribution >= 0.6 is 0 Å². The van der Waals surface area contributed by atoms with E-state index in [9.17, 15) is 0 Å². The van der Waals surface area contributed by atoms with Gasteiger partial charge in [-0.2, -0.15) is 0 Å². The minimum atomic E-state index is 0.593. The van der Waals surface area contributed by atoms with E-state index in [-0.39, 0.29) is 0 Å². The third kappa shape index (κ3) is 5.89. The number of ether oxygens (including phenoxy) is 2. The molecule has 0 unspecified atom stereocenters. The van der Waals surface area contributed by atoms with Gasteiger partial charge in [0.1, 0.15) is 5.75 Å². The van der Waals surface area contributed by atoms with Gasteiger partial charge in [0.05, 0.1) is 31.8 Å². The zero-order valence-electron chi connectivity index (χ0n) is 14.1. The molecule has 0 saturated heterocycles. The van der Waals surface area contributed by atoms with Crippen LogP contribution in [0.4, 0.5) is 0 Å². The Morgan fingerprint density at radius 2 is 1.61 bits per heavy atom. The highest BCUT2D eigenvalue weighted by Gasteiger charge is 2.02. The van der Waals surface area contributed by atoms with Gasteiger partial charge >= 0.3 is 0 Å². The highest BCUT2D eigenvalue weighted by atomic mass is 16.5. The average Bonchev–Trinajstić information content (AvgIpc) is 2.61. The van der Waals surface area contributed by atoms with E-state index in [0.717, 1.165) is 23.4 Å². The summed E-state index contributed by atoms with van der Waals surface area (Å²) in [6.07, 6.45) is 11.0. The number of benzene rings is 1. The monoisotopic (exact) mass is 314 g/mol.